The summed E-state index contributed by atoms with van der Waals surface area (Å²) in [7, 11) is -3.37. The molecule has 0 aliphatic heterocycles. The number of hydrogen-bond acceptors (Lipinski definition) is 3. The summed E-state index contributed by atoms with van der Waals surface area (Å²) in [5.41, 5.74) is 2.55. The molecule has 0 radical (unpaired) electrons. The molecule has 1 N–H and O–H groups in total. The molecule has 0 aromatic rings. The quantitative estimate of drug-likeness (QED) is 0.733. The maximum Gasteiger partial charge on any atom is 0.237 e. The van der Waals surface area contributed by atoms with Crippen molar-refractivity contribution >= 4 is 15.9 Å². The lowest BCUT2D eigenvalue weighted by atomic mass is 9.94. The summed E-state index contributed by atoms with van der Waals surface area (Å²) in [5, 5.41) is 0. The first-order chi connectivity index (χ1) is 7.86. The number of amides is 1. The molecular weight excluding hydrogens is 240 g/mol. The van der Waals surface area contributed by atoms with Crippen LogP contribution in [0.15, 0.2) is 0 Å². The van der Waals surface area contributed by atoms with Gasteiger partial charge in [0, 0.05) is 12.0 Å². The fourth-order valence-corrected chi connectivity index (χ4v) is 2.86. The van der Waals surface area contributed by atoms with Crippen molar-refractivity contribution in [1.29, 1.82) is 0 Å². The van der Waals surface area contributed by atoms with Crippen LogP contribution in [0, 0.1) is 5.92 Å². The molecule has 0 bridgehead atoms. The standard InChI is InChI=1S/C11H22N2O3S/c1-4-6-9(2)11(14)12-13(17(3,15)16)10-7-5-8-10/h9-10H,4-8H2,1-3H3,(H,12,14). The summed E-state index contributed by atoms with van der Waals surface area (Å²) in [4.78, 5) is 11.8. The van der Waals surface area contributed by atoms with Gasteiger partial charge in [-0.3, -0.25) is 10.2 Å². The van der Waals surface area contributed by atoms with Crippen molar-refractivity contribution in [1.82, 2.24) is 9.84 Å². The topological polar surface area (TPSA) is 66.5 Å². The molecule has 5 nitrogen and oxygen atoms in total. The van der Waals surface area contributed by atoms with E-state index in [0.29, 0.717) is 0 Å². The van der Waals surface area contributed by atoms with Crippen LogP contribution in [0.1, 0.15) is 46.0 Å². The van der Waals surface area contributed by atoms with Gasteiger partial charge < -0.3 is 0 Å². The monoisotopic (exact) mass is 262 g/mol. The molecule has 17 heavy (non-hydrogen) atoms. The summed E-state index contributed by atoms with van der Waals surface area (Å²) >= 11 is 0. The lowest BCUT2D eigenvalue weighted by Crippen LogP contribution is -2.54. The van der Waals surface area contributed by atoms with Crippen LogP contribution in [-0.2, 0) is 14.8 Å². The summed E-state index contributed by atoms with van der Waals surface area (Å²) in [6.07, 6.45) is 5.50. The van der Waals surface area contributed by atoms with Crippen LogP contribution < -0.4 is 5.43 Å². The number of carbonyl (C=O) groups excluding carboxylic acids is 1. The predicted octanol–water partition coefficient (Wildman–Crippen LogP) is 1.27. The molecule has 6 heteroatoms. The van der Waals surface area contributed by atoms with Gasteiger partial charge in [-0.2, -0.15) is 0 Å². The molecule has 0 spiro atoms. The van der Waals surface area contributed by atoms with Crippen molar-refractivity contribution < 1.29 is 13.2 Å². The Balaban J connectivity index is 2.63. The third-order valence-electron chi connectivity index (χ3n) is 3.15. The van der Waals surface area contributed by atoms with Crippen molar-refractivity contribution in [3.63, 3.8) is 0 Å². The number of rotatable bonds is 6. The fourth-order valence-electron chi connectivity index (χ4n) is 1.85. The number of hydrogen-bond donors (Lipinski definition) is 1. The van der Waals surface area contributed by atoms with Gasteiger partial charge in [-0.15, -0.1) is 4.41 Å². The van der Waals surface area contributed by atoms with E-state index in [9.17, 15) is 13.2 Å². The summed E-state index contributed by atoms with van der Waals surface area (Å²) in [5.74, 6) is -0.353. The zero-order valence-corrected chi connectivity index (χ0v) is 11.6. The first kappa shape index (κ1) is 14.4. The Morgan fingerprint density at radius 2 is 2.06 bits per heavy atom. The highest BCUT2D eigenvalue weighted by atomic mass is 32.2. The molecular formula is C11H22N2O3S. The number of sulfonamides is 1. The molecule has 1 saturated carbocycles. The van der Waals surface area contributed by atoms with Gasteiger partial charge in [-0.1, -0.05) is 26.7 Å². The maximum atomic E-state index is 11.8. The van der Waals surface area contributed by atoms with Crippen LogP contribution in [0.25, 0.3) is 0 Å². The zero-order chi connectivity index (χ0) is 13.1. The molecule has 1 unspecified atom stereocenters. The molecule has 0 aromatic heterocycles. The largest absolute Gasteiger partial charge is 0.275 e. The second kappa shape index (κ2) is 5.82. The Bertz CT molecular complexity index is 363. The molecule has 1 atom stereocenters. The first-order valence-electron chi connectivity index (χ1n) is 6.16. The van der Waals surface area contributed by atoms with Crippen molar-refractivity contribution in [3.8, 4) is 0 Å². The molecule has 1 aliphatic carbocycles. The summed E-state index contributed by atoms with van der Waals surface area (Å²) in [6.45, 7) is 3.82. The minimum Gasteiger partial charge on any atom is -0.275 e. The normalized spacial score (nSPS) is 18.8. The Morgan fingerprint density at radius 1 is 1.47 bits per heavy atom. The molecule has 100 valence electrons. The molecule has 1 amide bonds. The Hall–Kier alpha value is -0.620. The molecule has 1 aliphatic rings. The molecule has 0 heterocycles. The average molecular weight is 262 g/mol. The predicted molar refractivity (Wildman–Crippen MR) is 66.5 cm³/mol. The van der Waals surface area contributed by atoms with Crippen LogP contribution >= 0.6 is 0 Å². The van der Waals surface area contributed by atoms with E-state index in [1.807, 2.05) is 13.8 Å². The van der Waals surface area contributed by atoms with Crippen molar-refractivity contribution in [2.45, 2.75) is 52.0 Å². The fraction of sp³-hybridized carbons (Fsp3) is 0.909. The second-order valence-corrected chi connectivity index (χ2v) is 6.67. The summed E-state index contributed by atoms with van der Waals surface area (Å²) < 4.78 is 24.3. The highest BCUT2D eigenvalue weighted by Gasteiger charge is 2.33. The molecule has 1 fully saturated rings. The summed E-state index contributed by atoms with van der Waals surface area (Å²) in [6, 6.07) is -0.0530. The molecule has 1 rings (SSSR count). The van der Waals surface area contributed by atoms with Crippen molar-refractivity contribution in [2.75, 3.05) is 6.26 Å². The van der Waals surface area contributed by atoms with Gasteiger partial charge in [-0.25, -0.2) is 8.42 Å². The number of nitrogens with zero attached hydrogens (tertiary/aromatic N) is 1. The third kappa shape index (κ3) is 3.96. The van der Waals surface area contributed by atoms with E-state index >= 15 is 0 Å². The Labute approximate surface area is 104 Å². The van der Waals surface area contributed by atoms with Crippen LogP contribution in [0.3, 0.4) is 0 Å². The van der Waals surface area contributed by atoms with E-state index in [0.717, 1.165) is 42.8 Å². The van der Waals surface area contributed by atoms with Crippen LogP contribution in [-0.4, -0.2) is 31.0 Å². The smallest absolute Gasteiger partial charge is 0.237 e. The Kier molecular flexibility index (Phi) is 4.94. The Morgan fingerprint density at radius 3 is 2.41 bits per heavy atom. The van der Waals surface area contributed by atoms with E-state index < -0.39 is 10.0 Å². The van der Waals surface area contributed by atoms with E-state index in [4.69, 9.17) is 0 Å². The van der Waals surface area contributed by atoms with E-state index in [1.54, 1.807) is 0 Å². The van der Waals surface area contributed by atoms with E-state index in [2.05, 4.69) is 5.43 Å². The van der Waals surface area contributed by atoms with E-state index in [-0.39, 0.29) is 17.9 Å². The van der Waals surface area contributed by atoms with Crippen LogP contribution in [0.5, 0.6) is 0 Å². The molecule has 0 aromatic carbocycles. The maximum absolute atomic E-state index is 11.8. The highest BCUT2D eigenvalue weighted by molar-refractivity contribution is 7.88. The number of carbonyl (C=O) groups is 1. The van der Waals surface area contributed by atoms with Gasteiger partial charge >= 0.3 is 0 Å². The van der Waals surface area contributed by atoms with Gasteiger partial charge in [0.25, 0.3) is 0 Å². The van der Waals surface area contributed by atoms with Gasteiger partial charge in [0.2, 0.25) is 15.9 Å². The van der Waals surface area contributed by atoms with Crippen molar-refractivity contribution in [2.24, 2.45) is 5.92 Å². The zero-order valence-electron chi connectivity index (χ0n) is 10.8. The van der Waals surface area contributed by atoms with Gasteiger partial charge in [0.15, 0.2) is 0 Å². The van der Waals surface area contributed by atoms with Crippen molar-refractivity contribution in [3.05, 3.63) is 0 Å². The minimum atomic E-state index is -3.37. The lowest BCUT2D eigenvalue weighted by molar-refractivity contribution is -0.128. The second-order valence-electron chi connectivity index (χ2n) is 4.81. The number of hydrazine groups is 1. The minimum absolute atomic E-state index is 0.0530. The van der Waals surface area contributed by atoms with E-state index in [1.165, 1.54) is 0 Å². The highest BCUT2D eigenvalue weighted by Crippen LogP contribution is 2.25. The van der Waals surface area contributed by atoms with Gasteiger partial charge in [0.1, 0.15) is 0 Å². The lowest BCUT2D eigenvalue weighted by Gasteiger charge is -2.35. The van der Waals surface area contributed by atoms with Crippen LogP contribution in [0.2, 0.25) is 0 Å². The average Bonchev–Trinajstić information content (AvgIpc) is 2.12. The number of nitrogens with one attached hydrogen (secondary N) is 1. The molecule has 0 saturated heterocycles. The van der Waals surface area contributed by atoms with Gasteiger partial charge in [0.05, 0.1) is 6.26 Å². The SMILES string of the molecule is CCCC(C)C(=O)NN(C1CCC1)S(C)(=O)=O. The van der Waals surface area contributed by atoms with Gasteiger partial charge in [-0.05, 0) is 19.3 Å². The van der Waals surface area contributed by atoms with Crippen LogP contribution in [0.4, 0.5) is 0 Å². The first-order valence-corrected chi connectivity index (χ1v) is 8.01. The third-order valence-corrected chi connectivity index (χ3v) is 4.26.